The molecule has 26 heavy (non-hydrogen) atoms. The first-order valence-electron chi connectivity index (χ1n) is 7.37. The zero-order valence-electron chi connectivity index (χ0n) is 13.6. The fourth-order valence-electron chi connectivity index (χ4n) is 1.92. The Morgan fingerprint density at radius 3 is 2.54 bits per heavy atom. The van der Waals surface area contributed by atoms with E-state index in [1.165, 1.54) is 19.1 Å². The third-order valence-corrected chi connectivity index (χ3v) is 5.01. The minimum Gasteiger partial charge on any atom is -0.444 e. The van der Waals surface area contributed by atoms with Crippen molar-refractivity contribution in [2.45, 2.75) is 24.5 Å². The molecule has 0 saturated heterocycles. The summed E-state index contributed by atoms with van der Waals surface area (Å²) in [6.45, 7) is 1.41. The summed E-state index contributed by atoms with van der Waals surface area (Å²) in [6, 6.07) is 10.9. The van der Waals surface area contributed by atoms with Crippen LogP contribution in [0, 0.1) is 17.1 Å². The van der Waals surface area contributed by atoms with Crippen LogP contribution in [0.2, 0.25) is 5.02 Å². The van der Waals surface area contributed by atoms with Gasteiger partial charge in [0.1, 0.15) is 11.9 Å². The van der Waals surface area contributed by atoms with Gasteiger partial charge < -0.3 is 4.74 Å². The van der Waals surface area contributed by atoms with Crippen molar-refractivity contribution >= 4 is 27.6 Å². The van der Waals surface area contributed by atoms with E-state index in [0.29, 0.717) is 5.56 Å². The minimum absolute atomic E-state index is 0.0404. The lowest BCUT2D eigenvalue weighted by atomic mass is 10.1. The van der Waals surface area contributed by atoms with E-state index in [9.17, 15) is 17.6 Å². The van der Waals surface area contributed by atoms with Gasteiger partial charge in [0, 0.05) is 6.54 Å². The van der Waals surface area contributed by atoms with E-state index < -0.39 is 27.9 Å². The van der Waals surface area contributed by atoms with Crippen LogP contribution in [0.3, 0.4) is 0 Å². The molecule has 136 valence electrons. The van der Waals surface area contributed by atoms with Crippen LogP contribution in [0.25, 0.3) is 0 Å². The van der Waals surface area contributed by atoms with E-state index in [2.05, 4.69) is 4.72 Å². The summed E-state index contributed by atoms with van der Waals surface area (Å²) in [5, 5.41) is 8.34. The third kappa shape index (κ3) is 5.02. The van der Waals surface area contributed by atoms with Gasteiger partial charge in [0.25, 0.3) is 0 Å². The Morgan fingerprint density at radius 2 is 1.96 bits per heavy atom. The normalized spacial score (nSPS) is 12.2. The first kappa shape index (κ1) is 19.8. The highest BCUT2D eigenvalue weighted by Gasteiger charge is 2.16. The SMILES string of the molecule is C[C@H](C#N)OC(=O)c1ccc(CNS(=O)(=O)c2ccc(F)c(Cl)c2)cc1. The monoisotopic (exact) mass is 396 g/mol. The molecule has 2 aromatic rings. The highest BCUT2D eigenvalue weighted by atomic mass is 35.5. The molecule has 2 aromatic carbocycles. The lowest BCUT2D eigenvalue weighted by Crippen LogP contribution is -2.23. The van der Waals surface area contributed by atoms with Gasteiger partial charge in [0.15, 0.2) is 6.10 Å². The Kier molecular flexibility index (Phi) is 6.32. The van der Waals surface area contributed by atoms with Gasteiger partial charge in [0.05, 0.1) is 15.5 Å². The van der Waals surface area contributed by atoms with Gasteiger partial charge in [-0.15, -0.1) is 0 Å². The van der Waals surface area contributed by atoms with E-state index in [4.69, 9.17) is 21.6 Å². The van der Waals surface area contributed by atoms with Gasteiger partial charge in [-0.25, -0.2) is 22.3 Å². The first-order chi connectivity index (χ1) is 12.2. The van der Waals surface area contributed by atoms with Crippen molar-refractivity contribution in [2.75, 3.05) is 0 Å². The fourth-order valence-corrected chi connectivity index (χ4v) is 3.21. The maximum Gasteiger partial charge on any atom is 0.339 e. The van der Waals surface area contributed by atoms with Crippen molar-refractivity contribution in [3.63, 3.8) is 0 Å². The molecule has 0 saturated carbocycles. The maximum absolute atomic E-state index is 13.1. The highest BCUT2D eigenvalue weighted by molar-refractivity contribution is 7.89. The molecule has 0 spiro atoms. The van der Waals surface area contributed by atoms with E-state index >= 15 is 0 Å². The number of nitrogens with zero attached hydrogens (tertiary/aromatic N) is 1. The molecule has 0 heterocycles. The smallest absolute Gasteiger partial charge is 0.339 e. The van der Waals surface area contributed by atoms with E-state index in [-0.39, 0.29) is 22.0 Å². The number of ether oxygens (including phenoxy) is 1. The quantitative estimate of drug-likeness (QED) is 0.757. The van der Waals surface area contributed by atoms with E-state index in [0.717, 1.165) is 18.2 Å². The summed E-state index contributed by atoms with van der Waals surface area (Å²) in [5.41, 5.74) is 0.829. The number of hydrogen-bond donors (Lipinski definition) is 1. The van der Waals surface area contributed by atoms with E-state index in [1.807, 2.05) is 0 Å². The van der Waals surface area contributed by atoms with Crippen LogP contribution in [0.5, 0.6) is 0 Å². The zero-order chi connectivity index (χ0) is 19.3. The van der Waals surface area contributed by atoms with E-state index in [1.54, 1.807) is 18.2 Å². The van der Waals surface area contributed by atoms with Gasteiger partial charge in [-0.1, -0.05) is 23.7 Å². The molecular formula is C17H14ClFN2O4S. The number of nitrogens with one attached hydrogen (secondary N) is 1. The molecule has 1 atom stereocenters. The van der Waals surface area contributed by atoms with Crippen molar-refractivity contribution in [3.8, 4) is 6.07 Å². The van der Waals surface area contributed by atoms with Crippen molar-refractivity contribution in [1.29, 1.82) is 5.26 Å². The fraction of sp³-hybridized carbons (Fsp3) is 0.176. The lowest BCUT2D eigenvalue weighted by molar-refractivity contribution is 0.0435. The summed E-state index contributed by atoms with van der Waals surface area (Å²) in [7, 11) is -3.87. The lowest BCUT2D eigenvalue weighted by Gasteiger charge is -2.09. The number of carbonyl (C=O) groups is 1. The first-order valence-corrected chi connectivity index (χ1v) is 9.23. The zero-order valence-corrected chi connectivity index (χ0v) is 15.1. The van der Waals surface area contributed by atoms with Crippen LogP contribution < -0.4 is 4.72 Å². The van der Waals surface area contributed by atoms with Gasteiger partial charge in [0.2, 0.25) is 10.0 Å². The molecule has 0 radical (unpaired) electrons. The molecule has 0 bridgehead atoms. The highest BCUT2D eigenvalue weighted by Crippen LogP contribution is 2.19. The average Bonchev–Trinajstić information content (AvgIpc) is 2.62. The molecular weight excluding hydrogens is 383 g/mol. The maximum atomic E-state index is 13.1. The van der Waals surface area contributed by atoms with Crippen LogP contribution in [-0.2, 0) is 21.3 Å². The van der Waals surface area contributed by atoms with Crippen LogP contribution in [-0.4, -0.2) is 20.5 Å². The summed E-state index contributed by atoms with van der Waals surface area (Å²) in [6.07, 6.45) is -0.864. The van der Waals surface area contributed by atoms with Crippen LogP contribution in [0.15, 0.2) is 47.4 Å². The Morgan fingerprint density at radius 1 is 1.31 bits per heavy atom. The Hall–Kier alpha value is -2.47. The summed E-state index contributed by atoms with van der Waals surface area (Å²) >= 11 is 5.60. The molecule has 0 aromatic heterocycles. The minimum atomic E-state index is -3.87. The van der Waals surface area contributed by atoms with Crippen LogP contribution >= 0.6 is 11.6 Å². The molecule has 6 nitrogen and oxygen atoms in total. The second kappa shape index (κ2) is 8.27. The summed E-state index contributed by atoms with van der Waals surface area (Å²) in [5.74, 6) is -1.36. The molecule has 0 aliphatic rings. The molecule has 1 N–H and O–H groups in total. The second-order valence-electron chi connectivity index (χ2n) is 5.27. The Labute approximate surface area is 155 Å². The Bertz CT molecular complexity index is 956. The second-order valence-corrected chi connectivity index (χ2v) is 7.45. The largest absolute Gasteiger partial charge is 0.444 e. The number of sulfonamides is 1. The molecule has 0 aliphatic carbocycles. The van der Waals surface area contributed by atoms with Crippen molar-refractivity contribution in [2.24, 2.45) is 0 Å². The number of hydrogen-bond acceptors (Lipinski definition) is 5. The van der Waals surface area contributed by atoms with Gasteiger partial charge >= 0.3 is 5.97 Å². The third-order valence-electron chi connectivity index (χ3n) is 3.32. The molecule has 2 rings (SSSR count). The number of benzene rings is 2. The number of carbonyl (C=O) groups excluding carboxylic acids is 1. The van der Waals surface area contributed by atoms with Crippen molar-refractivity contribution in [3.05, 3.63) is 64.4 Å². The summed E-state index contributed by atoms with van der Waals surface area (Å²) in [4.78, 5) is 11.6. The number of rotatable bonds is 6. The number of halogens is 2. The number of esters is 1. The molecule has 9 heteroatoms. The predicted molar refractivity (Wildman–Crippen MR) is 92.4 cm³/mol. The average molecular weight is 397 g/mol. The number of nitriles is 1. The van der Waals surface area contributed by atoms with Crippen LogP contribution in [0.4, 0.5) is 4.39 Å². The van der Waals surface area contributed by atoms with Gasteiger partial charge in [-0.2, -0.15) is 5.26 Å². The Balaban J connectivity index is 2.04. The van der Waals surface area contributed by atoms with Gasteiger partial charge in [-0.05, 0) is 42.8 Å². The molecule has 0 fully saturated rings. The molecule has 0 unspecified atom stereocenters. The standard InChI is InChI=1S/C17H14ClFN2O4S/c1-11(9-20)25-17(22)13-4-2-12(3-5-13)10-21-26(23,24)14-6-7-16(19)15(18)8-14/h2-8,11,21H,10H2,1H3/t11-/m1/s1. The predicted octanol–water partition coefficient (Wildman–Crippen LogP) is 3.03. The molecule has 0 amide bonds. The van der Waals surface area contributed by atoms with Crippen LogP contribution in [0.1, 0.15) is 22.8 Å². The van der Waals surface area contributed by atoms with Gasteiger partial charge in [-0.3, -0.25) is 0 Å². The van der Waals surface area contributed by atoms with Crippen molar-refractivity contribution < 1.29 is 22.3 Å². The summed E-state index contributed by atoms with van der Waals surface area (Å²) < 4.78 is 44.8. The molecule has 0 aliphatic heterocycles. The van der Waals surface area contributed by atoms with Crippen molar-refractivity contribution in [1.82, 2.24) is 4.72 Å². The topological polar surface area (TPSA) is 96.3 Å².